The molecule has 0 aliphatic carbocycles. The van der Waals surface area contributed by atoms with Gasteiger partial charge in [0.25, 0.3) is 0 Å². The van der Waals surface area contributed by atoms with Gasteiger partial charge in [-0.2, -0.15) is 0 Å². The maximum absolute atomic E-state index is 11.5. The second-order valence-corrected chi connectivity index (χ2v) is 6.19. The standard InChI is InChI=1S/C11H10O3S2/c12-7-8-4-5-10-9(6-8)2-1-3-11(10)16(13,14)15/h1-6,12H,7H2,(H,13,14,15). The smallest absolute Gasteiger partial charge is 0.171 e. The monoisotopic (exact) mass is 254 g/mol. The van der Waals surface area contributed by atoms with Gasteiger partial charge < -0.3 is 9.66 Å². The van der Waals surface area contributed by atoms with Crippen LogP contribution >= 0.6 is 0 Å². The van der Waals surface area contributed by atoms with E-state index < -0.39 is 8.77 Å². The van der Waals surface area contributed by atoms with Gasteiger partial charge in [-0.15, -0.1) is 0 Å². The first-order valence-electron chi connectivity index (χ1n) is 4.62. The Bertz CT molecular complexity index is 633. The second-order valence-electron chi connectivity index (χ2n) is 3.44. The molecule has 5 heteroatoms. The van der Waals surface area contributed by atoms with E-state index in [-0.39, 0.29) is 11.5 Å². The zero-order chi connectivity index (χ0) is 11.8. The highest BCUT2D eigenvalue weighted by molar-refractivity contribution is 8.29. The predicted molar refractivity (Wildman–Crippen MR) is 66.3 cm³/mol. The highest BCUT2D eigenvalue weighted by Crippen LogP contribution is 2.24. The molecule has 0 aromatic heterocycles. The van der Waals surface area contributed by atoms with Crippen LogP contribution in [-0.2, 0) is 26.6 Å². The molecule has 2 aromatic rings. The maximum Gasteiger partial charge on any atom is 0.171 e. The predicted octanol–water partition coefficient (Wildman–Crippen LogP) is 1.91. The van der Waals surface area contributed by atoms with Crippen LogP contribution in [0, 0.1) is 0 Å². The van der Waals surface area contributed by atoms with E-state index in [9.17, 15) is 8.76 Å². The van der Waals surface area contributed by atoms with Crippen molar-refractivity contribution in [1.29, 1.82) is 0 Å². The van der Waals surface area contributed by atoms with Crippen molar-refractivity contribution >= 4 is 30.7 Å². The van der Waals surface area contributed by atoms with Crippen LogP contribution < -0.4 is 0 Å². The normalized spacial score (nSPS) is 14.9. The molecule has 0 fully saturated rings. The Labute approximate surface area is 98.2 Å². The summed E-state index contributed by atoms with van der Waals surface area (Å²) >= 11 is 4.57. The summed E-state index contributed by atoms with van der Waals surface area (Å²) in [5.74, 6) is 0. The maximum atomic E-state index is 11.5. The minimum absolute atomic E-state index is 0.0530. The molecule has 0 saturated heterocycles. The van der Waals surface area contributed by atoms with Crippen LogP contribution in [0.1, 0.15) is 5.56 Å². The summed E-state index contributed by atoms with van der Waals surface area (Å²) in [6.07, 6.45) is 0. The molecule has 0 spiro atoms. The lowest BCUT2D eigenvalue weighted by atomic mass is 10.1. The van der Waals surface area contributed by atoms with Crippen LogP contribution in [0.15, 0.2) is 41.3 Å². The lowest BCUT2D eigenvalue weighted by Crippen LogP contribution is -1.97. The van der Waals surface area contributed by atoms with Crippen molar-refractivity contribution in [2.45, 2.75) is 11.5 Å². The number of hydrogen-bond donors (Lipinski definition) is 2. The average molecular weight is 254 g/mol. The lowest BCUT2D eigenvalue weighted by Gasteiger charge is -2.06. The van der Waals surface area contributed by atoms with Gasteiger partial charge in [-0.25, -0.2) is 4.21 Å². The van der Waals surface area contributed by atoms with Gasteiger partial charge in [0.05, 0.1) is 11.5 Å². The number of aliphatic hydroxyl groups is 1. The van der Waals surface area contributed by atoms with E-state index in [1.807, 2.05) is 6.07 Å². The topological polar surface area (TPSA) is 57.5 Å². The molecule has 0 bridgehead atoms. The molecular formula is C11H10O3S2. The molecule has 1 unspecified atom stereocenters. The highest BCUT2D eigenvalue weighted by Gasteiger charge is 2.09. The first-order valence-corrected chi connectivity index (χ1v) is 7.06. The summed E-state index contributed by atoms with van der Waals surface area (Å²) in [5.41, 5.74) is 0.762. The molecule has 16 heavy (non-hydrogen) atoms. The Morgan fingerprint density at radius 1 is 1.25 bits per heavy atom. The molecule has 2 N–H and O–H groups in total. The molecule has 84 valence electrons. The number of hydrogen-bond acceptors (Lipinski definition) is 3. The molecule has 2 rings (SSSR count). The van der Waals surface area contributed by atoms with Crippen LogP contribution in [0.25, 0.3) is 10.8 Å². The molecule has 0 saturated carbocycles. The molecule has 0 aliphatic rings. The van der Waals surface area contributed by atoms with Gasteiger partial charge in [0.1, 0.15) is 0 Å². The van der Waals surface area contributed by atoms with Gasteiger partial charge in [-0.05, 0) is 23.1 Å². The zero-order valence-electron chi connectivity index (χ0n) is 8.29. The fraction of sp³-hybridized carbons (Fsp3) is 0.0909. The minimum Gasteiger partial charge on any atom is -0.392 e. The Hall–Kier alpha value is -1.01. The van der Waals surface area contributed by atoms with Gasteiger partial charge in [0, 0.05) is 16.6 Å². The Morgan fingerprint density at radius 2 is 2.00 bits per heavy atom. The van der Waals surface area contributed by atoms with Gasteiger partial charge >= 0.3 is 0 Å². The van der Waals surface area contributed by atoms with Crippen LogP contribution in [0.2, 0.25) is 0 Å². The summed E-state index contributed by atoms with van der Waals surface area (Å²) in [4.78, 5) is 0.254. The van der Waals surface area contributed by atoms with Gasteiger partial charge in [0.15, 0.2) is 8.77 Å². The Balaban J connectivity index is 2.80. The molecule has 1 atom stereocenters. The SMILES string of the molecule is O=S(O)(=S)c1cccc2cc(CO)ccc12. The summed E-state index contributed by atoms with van der Waals surface area (Å²) < 4.78 is 20.9. The molecule has 0 heterocycles. The average Bonchev–Trinajstić information content (AvgIpc) is 2.26. The van der Waals surface area contributed by atoms with Gasteiger partial charge in [-0.3, -0.25) is 0 Å². The molecule has 2 aromatic carbocycles. The first-order chi connectivity index (χ1) is 7.52. The molecule has 0 aliphatic heterocycles. The highest BCUT2D eigenvalue weighted by atomic mass is 32.8. The second kappa shape index (κ2) is 4.10. The summed E-state index contributed by atoms with van der Waals surface area (Å²) in [6, 6.07) is 10.2. The van der Waals surface area contributed by atoms with Crippen molar-refractivity contribution in [3.8, 4) is 0 Å². The van der Waals surface area contributed by atoms with Crippen LogP contribution in [-0.4, -0.2) is 13.9 Å². The van der Waals surface area contributed by atoms with E-state index in [0.29, 0.717) is 5.39 Å². The van der Waals surface area contributed by atoms with E-state index >= 15 is 0 Å². The number of rotatable bonds is 2. The lowest BCUT2D eigenvalue weighted by molar-refractivity contribution is 0.282. The number of fused-ring (bicyclic) bond motifs is 1. The number of benzene rings is 2. The quantitative estimate of drug-likeness (QED) is 0.859. The van der Waals surface area contributed by atoms with Crippen molar-refractivity contribution < 1.29 is 13.9 Å². The van der Waals surface area contributed by atoms with Gasteiger partial charge in [-0.1, -0.05) is 24.3 Å². The van der Waals surface area contributed by atoms with Crippen molar-refractivity contribution in [3.05, 3.63) is 42.0 Å². The largest absolute Gasteiger partial charge is 0.392 e. The minimum atomic E-state index is -3.38. The van der Waals surface area contributed by atoms with E-state index in [4.69, 9.17) is 5.11 Å². The van der Waals surface area contributed by atoms with E-state index in [1.165, 1.54) is 0 Å². The van der Waals surface area contributed by atoms with Crippen LogP contribution in [0.4, 0.5) is 0 Å². The Kier molecular flexibility index (Phi) is 2.94. The fourth-order valence-corrected chi connectivity index (χ4v) is 2.78. The van der Waals surface area contributed by atoms with E-state index in [1.54, 1.807) is 30.3 Å². The summed E-state index contributed by atoms with van der Waals surface area (Å²) in [7, 11) is -3.38. The molecular weight excluding hydrogens is 244 g/mol. The molecule has 0 radical (unpaired) electrons. The summed E-state index contributed by atoms with van der Waals surface area (Å²) in [6.45, 7) is -0.0530. The zero-order valence-corrected chi connectivity index (χ0v) is 9.92. The molecule has 3 nitrogen and oxygen atoms in total. The fourth-order valence-electron chi connectivity index (χ4n) is 1.63. The van der Waals surface area contributed by atoms with Crippen molar-refractivity contribution in [1.82, 2.24) is 0 Å². The van der Waals surface area contributed by atoms with E-state index in [0.717, 1.165) is 10.9 Å². The van der Waals surface area contributed by atoms with Gasteiger partial charge in [0.2, 0.25) is 0 Å². The van der Waals surface area contributed by atoms with E-state index in [2.05, 4.69) is 11.2 Å². The molecule has 0 amide bonds. The third-order valence-corrected chi connectivity index (χ3v) is 3.82. The summed E-state index contributed by atoms with van der Waals surface area (Å²) in [5, 5.41) is 10.5. The van der Waals surface area contributed by atoms with Crippen molar-refractivity contribution in [2.24, 2.45) is 0 Å². The Morgan fingerprint density at radius 3 is 2.62 bits per heavy atom. The van der Waals surface area contributed by atoms with Crippen LogP contribution in [0.3, 0.4) is 0 Å². The number of aliphatic hydroxyl groups excluding tert-OH is 1. The van der Waals surface area contributed by atoms with Crippen LogP contribution in [0.5, 0.6) is 0 Å². The third kappa shape index (κ3) is 2.08. The van der Waals surface area contributed by atoms with Crippen molar-refractivity contribution in [2.75, 3.05) is 0 Å². The first kappa shape index (κ1) is 11.5. The third-order valence-electron chi connectivity index (χ3n) is 2.37. The van der Waals surface area contributed by atoms with Crippen molar-refractivity contribution in [3.63, 3.8) is 0 Å².